The predicted molar refractivity (Wildman–Crippen MR) is 102 cm³/mol. The number of nitrogens with zero attached hydrogens (tertiary/aromatic N) is 3. The largest absolute Gasteiger partial charge is 0.347 e. The Kier molecular flexibility index (Phi) is 4.28. The zero-order chi connectivity index (χ0) is 17.4. The summed E-state index contributed by atoms with van der Waals surface area (Å²) in [6.45, 7) is 7.70. The lowest BCUT2D eigenvalue weighted by Gasteiger charge is -2.23. The Morgan fingerprint density at radius 3 is 2.64 bits per heavy atom. The van der Waals surface area contributed by atoms with Crippen molar-refractivity contribution in [3.63, 3.8) is 0 Å². The van der Waals surface area contributed by atoms with E-state index in [1.807, 2.05) is 6.07 Å². The molecule has 0 bridgehead atoms. The van der Waals surface area contributed by atoms with Crippen LogP contribution in [0.5, 0.6) is 0 Å². The van der Waals surface area contributed by atoms with Crippen molar-refractivity contribution in [2.75, 3.05) is 31.1 Å². The van der Waals surface area contributed by atoms with Gasteiger partial charge in [-0.2, -0.15) is 0 Å². The highest BCUT2D eigenvalue weighted by Gasteiger charge is 2.50. The Balaban J connectivity index is 1.41. The molecule has 2 aromatic rings. The first-order valence-electron chi connectivity index (χ1n) is 9.10. The number of rotatable bonds is 4. The molecule has 2 aliphatic rings. The number of hydrogen-bond donors (Lipinski definition) is 0. The summed E-state index contributed by atoms with van der Waals surface area (Å²) in [4.78, 5) is 23.4. The maximum Gasteiger partial charge on any atom is 0.230 e. The van der Waals surface area contributed by atoms with Crippen LogP contribution in [-0.4, -0.2) is 42.0 Å². The van der Waals surface area contributed by atoms with E-state index in [1.165, 1.54) is 10.4 Å². The lowest BCUT2D eigenvalue weighted by Crippen LogP contribution is -2.37. The molecule has 1 atom stereocenters. The lowest BCUT2D eigenvalue weighted by molar-refractivity contribution is -0.135. The first-order chi connectivity index (χ1) is 12.1. The van der Waals surface area contributed by atoms with Gasteiger partial charge in [0.1, 0.15) is 0 Å². The summed E-state index contributed by atoms with van der Waals surface area (Å²) in [6, 6.07) is 10.4. The van der Waals surface area contributed by atoms with Gasteiger partial charge in [0.25, 0.3) is 0 Å². The second-order valence-corrected chi connectivity index (χ2v) is 8.55. The van der Waals surface area contributed by atoms with Gasteiger partial charge in [0, 0.05) is 31.1 Å². The van der Waals surface area contributed by atoms with Gasteiger partial charge in [-0.1, -0.05) is 30.3 Å². The highest BCUT2D eigenvalue weighted by atomic mass is 32.1. The molecule has 25 heavy (non-hydrogen) atoms. The highest BCUT2D eigenvalue weighted by Crippen LogP contribution is 2.43. The van der Waals surface area contributed by atoms with Crippen molar-refractivity contribution in [1.29, 1.82) is 0 Å². The summed E-state index contributed by atoms with van der Waals surface area (Å²) >= 11 is 1.75. The molecule has 1 amide bonds. The quantitative estimate of drug-likeness (QED) is 0.843. The molecule has 2 fully saturated rings. The van der Waals surface area contributed by atoms with Crippen molar-refractivity contribution in [3.05, 3.63) is 46.5 Å². The number of carbonyl (C=O) groups excluding carboxylic acids is 1. The molecule has 1 unspecified atom stereocenters. The Morgan fingerprint density at radius 2 is 1.92 bits per heavy atom. The third kappa shape index (κ3) is 3.06. The van der Waals surface area contributed by atoms with E-state index in [-0.39, 0.29) is 5.41 Å². The molecular weight excluding hydrogens is 330 g/mol. The first-order valence-corrected chi connectivity index (χ1v) is 9.91. The molecule has 1 aromatic heterocycles. The normalized spacial score (nSPS) is 23.2. The van der Waals surface area contributed by atoms with E-state index < -0.39 is 0 Å². The summed E-state index contributed by atoms with van der Waals surface area (Å²) < 4.78 is 0. The van der Waals surface area contributed by atoms with E-state index in [1.54, 1.807) is 11.3 Å². The zero-order valence-corrected chi connectivity index (χ0v) is 15.8. The number of aromatic nitrogens is 1. The molecule has 4 nitrogen and oxygen atoms in total. The molecule has 4 rings (SSSR count). The average Bonchev–Trinajstić information content (AvgIpc) is 3.28. The van der Waals surface area contributed by atoms with E-state index in [2.05, 4.69) is 52.9 Å². The number of anilines is 1. The Labute approximate surface area is 153 Å². The average molecular weight is 356 g/mol. The van der Waals surface area contributed by atoms with Crippen LogP contribution in [0.1, 0.15) is 29.0 Å². The number of carbonyl (C=O) groups is 1. The minimum Gasteiger partial charge on any atom is -0.347 e. The molecule has 2 aliphatic heterocycles. The molecule has 132 valence electrons. The first kappa shape index (κ1) is 16.6. The molecule has 1 aromatic carbocycles. The van der Waals surface area contributed by atoms with Gasteiger partial charge in [-0.3, -0.25) is 4.79 Å². The Morgan fingerprint density at radius 1 is 1.16 bits per heavy atom. The summed E-state index contributed by atoms with van der Waals surface area (Å²) in [5.41, 5.74) is 2.24. The van der Waals surface area contributed by atoms with Crippen molar-refractivity contribution in [1.82, 2.24) is 9.88 Å². The van der Waals surface area contributed by atoms with Crippen LogP contribution in [0, 0.1) is 19.3 Å². The second kappa shape index (κ2) is 6.45. The number of aryl methyl sites for hydroxylation is 2. The summed E-state index contributed by atoms with van der Waals surface area (Å²) in [7, 11) is 0. The molecule has 5 heteroatoms. The lowest BCUT2D eigenvalue weighted by atomic mass is 9.85. The van der Waals surface area contributed by atoms with E-state index >= 15 is 0 Å². The van der Waals surface area contributed by atoms with Crippen LogP contribution in [0.4, 0.5) is 5.13 Å². The third-order valence-corrected chi connectivity index (χ3v) is 6.89. The minimum absolute atomic E-state index is 0.176. The van der Waals surface area contributed by atoms with Gasteiger partial charge < -0.3 is 9.80 Å². The van der Waals surface area contributed by atoms with E-state index in [0.717, 1.165) is 56.3 Å². The fourth-order valence-electron chi connectivity index (χ4n) is 4.02. The molecule has 0 radical (unpaired) electrons. The highest BCUT2D eigenvalue weighted by molar-refractivity contribution is 7.15. The van der Waals surface area contributed by atoms with Crippen LogP contribution in [-0.2, 0) is 11.2 Å². The smallest absolute Gasteiger partial charge is 0.230 e. The summed E-state index contributed by atoms with van der Waals surface area (Å²) in [5.74, 6) is 0.357. The Bertz CT molecular complexity index is 753. The fourth-order valence-corrected chi connectivity index (χ4v) is 4.96. The van der Waals surface area contributed by atoms with Gasteiger partial charge in [-0.05, 0) is 38.7 Å². The van der Waals surface area contributed by atoms with E-state index in [9.17, 15) is 4.79 Å². The molecule has 0 N–H and O–H groups in total. The molecule has 1 spiro atoms. The van der Waals surface area contributed by atoms with Gasteiger partial charge in [-0.25, -0.2) is 4.98 Å². The number of thiazole rings is 1. The monoisotopic (exact) mass is 355 g/mol. The molecule has 2 saturated heterocycles. The predicted octanol–water partition coefficient (Wildman–Crippen LogP) is 3.43. The number of benzene rings is 1. The number of hydrogen-bond acceptors (Lipinski definition) is 4. The summed E-state index contributed by atoms with van der Waals surface area (Å²) in [5, 5.41) is 1.09. The second-order valence-electron chi connectivity index (χ2n) is 7.37. The van der Waals surface area contributed by atoms with E-state index in [0.29, 0.717) is 5.91 Å². The van der Waals surface area contributed by atoms with Gasteiger partial charge in [-0.15, -0.1) is 11.3 Å². The molecular formula is C20H25N3OS. The SMILES string of the molecule is Cc1nc(N2CCC3(CCN(CCc4ccccc4)C3=O)C2)sc1C. The fraction of sp³-hybridized carbons (Fsp3) is 0.500. The molecule has 0 aliphatic carbocycles. The third-order valence-electron chi connectivity index (χ3n) is 5.76. The maximum atomic E-state index is 13.1. The van der Waals surface area contributed by atoms with Gasteiger partial charge in [0.05, 0.1) is 11.1 Å². The van der Waals surface area contributed by atoms with Crippen LogP contribution < -0.4 is 4.90 Å². The van der Waals surface area contributed by atoms with Crippen molar-refractivity contribution in [2.24, 2.45) is 5.41 Å². The van der Waals surface area contributed by atoms with Crippen LogP contribution in [0.25, 0.3) is 0 Å². The van der Waals surface area contributed by atoms with Crippen molar-refractivity contribution >= 4 is 22.4 Å². The van der Waals surface area contributed by atoms with Crippen LogP contribution in [0.15, 0.2) is 30.3 Å². The van der Waals surface area contributed by atoms with E-state index in [4.69, 9.17) is 0 Å². The van der Waals surface area contributed by atoms with Crippen LogP contribution in [0.3, 0.4) is 0 Å². The standard InChI is InChI=1S/C20H25N3OS/c1-15-16(2)25-19(21-15)23-13-10-20(14-23)9-12-22(18(20)24)11-8-17-6-4-3-5-7-17/h3-7H,8-14H2,1-2H3. The summed E-state index contributed by atoms with van der Waals surface area (Å²) in [6.07, 6.45) is 2.89. The van der Waals surface area contributed by atoms with Crippen molar-refractivity contribution in [2.45, 2.75) is 33.1 Å². The zero-order valence-electron chi connectivity index (χ0n) is 15.0. The van der Waals surface area contributed by atoms with Gasteiger partial charge in [0.15, 0.2) is 5.13 Å². The Hall–Kier alpha value is -1.88. The minimum atomic E-state index is -0.176. The number of amides is 1. The maximum absolute atomic E-state index is 13.1. The van der Waals surface area contributed by atoms with Crippen LogP contribution >= 0.6 is 11.3 Å². The van der Waals surface area contributed by atoms with Crippen molar-refractivity contribution < 1.29 is 4.79 Å². The molecule has 0 saturated carbocycles. The topological polar surface area (TPSA) is 36.4 Å². The van der Waals surface area contributed by atoms with Gasteiger partial charge >= 0.3 is 0 Å². The number of likely N-dealkylation sites (tertiary alicyclic amines) is 1. The molecule has 3 heterocycles. The van der Waals surface area contributed by atoms with Crippen LogP contribution in [0.2, 0.25) is 0 Å². The van der Waals surface area contributed by atoms with Gasteiger partial charge in [0.2, 0.25) is 5.91 Å². The van der Waals surface area contributed by atoms with Crippen molar-refractivity contribution in [3.8, 4) is 0 Å².